The van der Waals surface area contributed by atoms with Crippen LogP contribution in [-0.4, -0.2) is 10.9 Å². The Balaban J connectivity index is 2.81. The summed E-state index contributed by atoms with van der Waals surface area (Å²) in [5, 5.41) is 11.5. The van der Waals surface area contributed by atoms with E-state index >= 15 is 0 Å². The van der Waals surface area contributed by atoms with Crippen molar-refractivity contribution in [3.63, 3.8) is 0 Å². The number of nitrogens with two attached hydrogens (primary N) is 1. The Morgan fingerprint density at radius 2 is 2.36 bits per heavy atom. The number of pyridine rings is 1. The summed E-state index contributed by atoms with van der Waals surface area (Å²) in [7, 11) is 0. The van der Waals surface area contributed by atoms with Crippen LogP contribution in [0.5, 0.6) is 0 Å². The van der Waals surface area contributed by atoms with E-state index in [1.54, 1.807) is 0 Å². The van der Waals surface area contributed by atoms with Crippen LogP contribution in [0.3, 0.4) is 0 Å². The molecular formula is C8H5IN4O. The van der Waals surface area contributed by atoms with Crippen molar-refractivity contribution in [3.8, 4) is 6.07 Å². The molecular weight excluding hydrogens is 295 g/mol. The average molecular weight is 300 g/mol. The van der Waals surface area contributed by atoms with E-state index in [9.17, 15) is 4.79 Å². The van der Waals surface area contributed by atoms with Crippen molar-refractivity contribution in [2.24, 2.45) is 0 Å². The number of hydrogen-bond donors (Lipinski definition) is 2. The first-order valence-corrected chi connectivity index (χ1v) is 4.89. The lowest BCUT2D eigenvalue weighted by atomic mass is 10.1. The highest BCUT2D eigenvalue weighted by Crippen LogP contribution is 2.26. The number of aromatic nitrogens is 1. The first-order chi connectivity index (χ1) is 6.65. The summed E-state index contributed by atoms with van der Waals surface area (Å²) in [5.74, 6) is -0.0590. The fourth-order valence-corrected chi connectivity index (χ4v) is 2.13. The van der Waals surface area contributed by atoms with Crippen LogP contribution in [0.1, 0.15) is 21.5 Å². The Morgan fingerprint density at radius 3 is 3.00 bits per heavy atom. The fraction of sp³-hybridized carbons (Fsp3) is 0.125. The number of rotatable bonds is 0. The number of hydrogen-bond acceptors (Lipinski definition) is 4. The highest BCUT2D eigenvalue weighted by atomic mass is 127. The van der Waals surface area contributed by atoms with E-state index in [1.165, 1.54) is 0 Å². The van der Waals surface area contributed by atoms with Crippen LogP contribution >= 0.6 is 22.6 Å². The monoisotopic (exact) mass is 300 g/mol. The molecule has 0 unspecified atom stereocenters. The van der Waals surface area contributed by atoms with Crippen LogP contribution in [0, 0.1) is 15.0 Å². The Labute approximate surface area is 93.4 Å². The maximum absolute atomic E-state index is 11.3. The van der Waals surface area contributed by atoms with Gasteiger partial charge in [-0.05, 0) is 22.6 Å². The van der Waals surface area contributed by atoms with E-state index in [1.807, 2.05) is 28.7 Å². The summed E-state index contributed by atoms with van der Waals surface area (Å²) in [6, 6.07) is 2.03. The number of amides is 1. The maximum Gasteiger partial charge on any atom is 0.255 e. The van der Waals surface area contributed by atoms with Gasteiger partial charge < -0.3 is 11.1 Å². The third-order valence-electron chi connectivity index (χ3n) is 2.05. The van der Waals surface area contributed by atoms with Gasteiger partial charge in [0.15, 0.2) is 0 Å². The zero-order valence-corrected chi connectivity index (χ0v) is 9.12. The van der Waals surface area contributed by atoms with Crippen LogP contribution in [0.15, 0.2) is 0 Å². The zero-order chi connectivity index (χ0) is 10.3. The Bertz CT molecular complexity index is 477. The normalized spacial score (nSPS) is 13.3. The molecule has 1 aromatic heterocycles. The smallest absolute Gasteiger partial charge is 0.255 e. The second kappa shape index (κ2) is 3.09. The molecule has 1 aliphatic rings. The zero-order valence-electron chi connectivity index (χ0n) is 6.97. The number of carbonyl (C=O) groups excluding carboxylic acids is 1. The molecule has 1 amide bonds. The van der Waals surface area contributed by atoms with Crippen LogP contribution < -0.4 is 11.1 Å². The second-order valence-corrected chi connectivity index (χ2v) is 3.83. The molecule has 2 heterocycles. The Morgan fingerprint density at radius 1 is 1.64 bits per heavy atom. The molecule has 1 aliphatic heterocycles. The molecule has 0 saturated carbocycles. The van der Waals surface area contributed by atoms with Gasteiger partial charge in [0, 0.05) is 12.1 Å². The Hall–Kier alpha value is -1.36. The summed E-state index contributed by atoms with van der Waals surface area (Å²) in [5.41, 5.74) is 7.05. The van der Waals surface area contributed by atoms with E-state index < -0.39 is 0 Å². The summed E-state index contributed by atoms with van der Waals surface area (Å²) in [6.45, 7) is 0.361. The van der Waals surface area contributed by atoms with E-state index in [2.05, 4.69) is 10.3 Å². The first kappa shape index (κ1) is 9.21. The van der Waals surface area contributed by atoms with Crippen molar-refractivity contribution in [2.45, 2.75) is 6.54 Å². The van der Waals surface area contributed by atoms with Crippen LogP contribution in [0.2, 0.25) is 0 Å². The lowest BCUT2D eigenvalue weighted by molar-refractivity contribution is 0.0966. The fourth-order valence-electron chi connectivity index (χ4n) is 1.42. The van der Waals surface area contributed by atoms with Gasteiger partial charge in [-0.1, -0.05) is 0 Å². The van der Waals surface area contributed by atoms with Gasteiger partial charge in [0.25, 0.3) is 5.91 Å². The minimum atomic E-state index is -0.252. The summed E-state index contributed by atoms with van der Waals surface area (Å²) < 4.78 is 0.540. The lowest BCUT2D eigenvalue weighted by Gasteiger charge is -2.03. The molecule has 2 rings (SSSR count). The molecule has 0 fully saturated rings. The first-order valence-electron chi connectivity index (χ1n) is 3.81. The molecule has 70 valence electrons. The van der Waals surface area contributed by atoms with Gasteiger partial charge in [-0.15, -0.1) is 0 Å². The van der Waals surface area contributed by atoms with Gasteiger partial charge in [-0.2, -0.15) is 5.26 Å². The molecule has 0 radical (unpaired) electrons. The average Bonchev–Trinajstić information content (AvgIpc) is 2.49. The molecule has 3 N–H and O–H groups in total. The number of nitrogen functional groups attached to an aromatic ring is 1. The lowest BCUT2D eigenvalue weighted by Crippen LogP contribution is -2.14. The van der Waals surface area contributed by atoms with Crippen molar-refractivity contribution >= 4 is 34.3 Å². The molecule has 5 nitrogen and oxygen atoms in total. The number of nitrogens with zero attached hydrogens (tertiary/aromatic N) is 2. The van der Waals surface area contributed by atoms with Crippen LogP contribution in [-0.2, 0) is 6.54 Å². The number of nitrogens with one attached hydrogen (secondary N) is 1. The molecule has 6 heteroatoms. The van der Waals surface area contributed by atoms with Crippen LogP contribution in [0.25, 0.3) is 0 Å². The van der Waals surface area contributed by atoms with Crippen molar-refractivity contribution < 1.29 is 4.79 Å². The molecule has 1 aromatic rings. The van der Waals surface area contributed by atoms with Gasteiger partial charge >= 0.3 is 0 Å². The van der Waals surface area contributed by atoms with Crippen LogP contribution in [0.4, 0.5) is 5.82 Å². The Kier molecular flexibility index (Phi) is 2.03. The molecule has 0 spiro atoms. The minimum Gasteiger partial charge on any atom is -0.383 e. The third kappa shape index (κ3) is 1.13. The van der Waals surface area contributed by atoms with Crippen molar-refractivity contribution in [1.82, 2.24) is 10.3 Å². The van der Waals surface area contributed by atoms with E-state index in [0.29, 0.717) is 26.9 Å². The number of halogens is 1. The number of carbonyl (C=O) groups is 1. The number of fused-ring (bicyclic) bond motifs is 1. The predicted molar refractivity (Wildman–Crippen MR) is 57.3 cm³/mol. The van der Waals surface area contributed by atoms with E-state index in [-0.39, 0.29) is 11.7 Å². The summed E-state index contributed by atoms with van der Waals surface area (Å²) >= 11 is 1.93. The van der Waals surface area contributed by atoms with Gasteiger partial charge in [0.2, 0.25) is 0 Å². The third-order valence-corrected chi connectivity index (χ3v) is 2.83. The number of anilines is 1. The van der Waals surface area contributed by atoms with Crippen molar-refractivity contribution in [3.05, 3.63) is 20.4 Å². The minimum absolute atomic E-state index is 0.193. The van der Waals surface area contributed by atoms with Crippen molar-refractivity contribution in [2.75, 3.05) is 5.73 Å². The van der Waals surface area contributed by atoms with Gasteiger partial charge in [-0.3, -0.25) is 4.79 Å². The number of nitriles is 1. The standard InChI is InChI=1S/C8H5IN4O/c9-6-3(1-10)4-2-12-8(14)5(4)7(11)13-6/h2H2,(H2,11,13)(H,12,14). The predicted octanol–water partition coefficient (Wildman–Crippen LogP) is 0.383. The molecule has 14 heavy (non-hydrogen) atoms. The maximum atomic E-state index is 11.3. The largest absolute Gasteiger partial charge is 0.383 e. The summed E-state index contributed by atoms with van der Waals surface area (Å²) in [4.78, 5) is 15.3. The molecule has 0 bridgehead atoms. The van der Waals surface area contributed by atoms with E-state index in [4.69, 9.17) is 11.0 Å². The SMILES string of the molecule is N#Cc1c(I)nc(N)c2c1CNC2=O. The van der Waals surface area contributed by atoms with Gasteiger partial charge in [0.05, 0.1) is 11.1 Å². The quantitative estimate of drug-likeness (QED) is 0.535. The molecule has 0 saturated heterocycles. The van der Waals surface area contributed by atoms with E-state index in [0.717, 1.165) is 0 Å². The topological polar surface area (TPSA) is 91.8 Å². The highest BCUT2D eigenvalue weighted by Gasteiger charge is 2.27. The van der Waals surface area contributed by atoms with Gasteiger partial charge in [-0.25, -0.2) is 4.98 Å². The highest BCUT2D eigenvalue weighted by molar-refractivity contribution is 14.1. The van der Waals surface area contributed by atoms with Gasteiger partial charge in [0.1, 0.15) is 15.6 Å². The summed E-state index contributed by atoms with van der Waals surface area (Å²) in [6.07, 6.45) is 0. The molecule has 0 aromatic carbocycles. The van der Waals surface area contributed by atoms with Crippen molar-refractivity contribution in [1.29, 1.82) is 5.26 Å². The molecule has 0 atom stereocenters. The molecule has 0 aliphatic carbocycles. The second-order valence-electron chi connectivity index (χ2n) is 2.81.